The smallest absolute Gasteiger partial charge is 0.194 e. The number of fused-ring (bicyclic) bond motifs is 1. The van der Waals surface area contributed by atoms with Gasteiger partial charge in [0.25, 0.3) is 0 Å². The molecule has 0 unspecified atom stereocenters. The molecule has 0 atom stereocenters. The van der Waals surface area contributed by atoms with Crippen molar-refractivity contribution in [3.8, 4) is 23.0 Å². The molecule has 0 radical (unpaired) electrons. The highest BCUT2D eigenvalue weighted by atomic mass is 19.2. The maximum atomic E-state index is 15.1. The zero-order chi connectivity index (χ0) is 22.7. The molecule has 4 heteroatoms. The van der Waals surface area contributed by atoms with E-state index in [0.717, 1.165) is 42.5 Å². The predicted molar refractivity (Wildman–Crippen MR) is 120 cm³/mol. The lowest BCUT2D eigenvalue weighted by Gasteiger charge is -2.08. The lowest BCUT2D eigenvalue weighted by molar-refractivity contribution is 0.447. The quantitative estimate of drug-likeness (QED) is 0.175. The lowest BCUT2D eigenvalue weighted by atomic mass is 9.98. The number of benzene rings is 4. The Morgan fingerprint density at radius 2 is 1.34 bits per heavy atom. The van der Waals surface area contributed by atoms with E-state index in [1.54, 1.807) is 24.3 Å². The minimum atomic E-state index is -1.58. The van der Waals surface area contributed by atoms with Crippen LogP contribution in [0.1, 0.15) is 36.5 Å². The Labute approximate surface area is 184 Å². The van der Waals surface area contributed by atoms with E-state index >= 15 is 4.39 Å². The van der Waals surface area contributed by atoms with Crippen molar-refractivity contribution in [3.05, 3.63) is 107 Å². The van der Waals surface area contributed by atoms with Gasteiger partial charge in [-0.15, -0.1) is 0 Å². The van der Waals surface area contributed by atoms with E-state index in [4.69, 9.17) is 0 Å². The van der Waals surface area contributed by atoms with Crippen LogP contribution in [0.2, 0.25) is 0 Å². The number of hydrogen-bond donors (Lipinski definition) is 0. The highest BCUT2D eigenvalue weighted by molar-refractivity contribution is 5.89. The molecule has 0 aliphatic rings. The molecule has 0 nitrogen and oxygen atoms in total. The van der Waals surface area contributed by atoms with E-state index in [2.05, 4.69) is 30.9 Å². The Morgan fingerprint density at radius 1 is 0.688 bits per heavy atom. The van der Waals surface area contributed by atoms with E-state index in [1.165, 1.54) is 11.6 Å². The summed E-state index contributed by atoms with van der Waals surface area (Å²) in [5.41, 5.74) is 2.84. The van der Waals surface area contributed by atoms with Crippen molar-refractivity contribution < 1.29 is 17.6 Å². The van der Waals surface area contributed by atoms with Crippen molar-refractivity contribution >= 4 is 10.8 Å². The van der Waals surface area contributed by atoms with Gasteiger partial charge in [-0.1, -0.05) is 55.5 Å². The summed E-state index contributed by atoms with van der Waals surface area (Å²) in [5.74, 6) is 1.28. The number of halogens is 4. The first-order valence-electron chi connectivity index (χ1n) is 10.4. The second-order valence-corrected chi connectivity index (χ2v) is 7.67. The van der Waals surface area contributed by atoms with E-state index in [9.17, 15) is 13.2 Å². The molecule has 4 aromatic rings. The first-order valence-corrected chi connectivity index (χ1v) is 10.4. The molecule has 0 N–H and O–H groups in total. The third kappa shape index (κ3) is 4.53. The Hall–Kier alpha value is -3.58. The van der Waals surface area contributed by atoms with Crippen molar-refractivity contribution in [2.24, 2.45) is 0 Å². The minimum Gasteiger partial charge on any atom is -0.206 e. The summed E-state index contributed by atoms with van der Waals surface area (Å²) >= 11 is 0. The first-order chi connectivity index (χ1) is 15.5. The molecular formula is C28H20F4. The van der Waals surface area contributed by atoms with Crippen LogP contribution < -0.4 is 0 Å². The molecule has 32 heavy (non-hydrogen) atoms. The maximum absolute atomic E-state index is 15.1. The molecule has 0 spiro atoms. The largest absolute Gasteiger partial charge is 0.206 e. The molecule has 4 aromatic carbocycles. The van der Waals surface area contributed by atoms with Crippen LogP contribution in [0.15, 0.2) is 66.7 Å². The van der Waals surface area contributed by atoms with Gasteiger partial charge in [0.05, 0.1) is 0 Å². The maximum Gasteiger partial charge on any atom is 0.194 e. The highest BCUT2D eigenvalue weighted by Gasteiger charge is 2.15. The molecule has 0 aliphatic carbocycles. The molecule has 0 amide bonds. The zero-order valence-corrected chi connectivity index (χ0v) is 17.5. The number of rotatable bonds is 4. The van der Waals surface area contributed by atoms with E-state index in [1.807, 2.05) is 12.1 Å². The molecule has 0 saturated carbocycles. The van der Waals surface area contributed by atoms with Crippen molar-refractivity contribution in [2.75, 3.05) is 0 Å². The van der Waals surface area contributed by atoms with Crippen molar-refractivity contribution in [1.82, 2.24) is 0 Å². The summed E-state index contributed by atoms with van der Waals surface area (Å²) < 4.78 is 55.4. The van der Waals surface area contributed by atoms with Gasteiger partial charge in [-0.3, -0.25) is 0 Å². The Morgan fingerprint density at radius 3 is 2.03 bits per heavy atom. The topological polar surface area (TPSA) is 0 Å². The Balaban J connectivity index is 1.62. The Kier molecular flexibility index (Phi) is 6.28. The van der Waals surface area contributed by atoms with Crippen LogP contribution >= 0.6 is 0 Å². The summed E-state index contributed by atoms with van der Waals surface area (Å²) in [7, 11) is 0. The van der Waals surface area contributed by atoms with E-state index in [0.29, 0.717) is 10.8 Å². The van der Waals surface area contributed by atoms with Gasteiger partial charge < -0.3 is 0 Å². The van der Waals surface area contributed by atoms with Gasteiger partial charge in [0.2, 0.25) is 0 Å². The summed E-state index contributed by atoms with van der Waals surface area (Å²) in [6, 6.07) is 17.8. The molecular weight excluding hydrogens is 412 g/mol. The third-order valence-corrected chi connectivity index (χ3v) is 5.37. The van der Waals surface area contributed by atoms with Crippen LogP contribution in [0.25, 0.3) is 21.9 Å². The minimum absolute atomic E-state index is 0.00250. The summed E-state index contributed by atoms with van der Waals surface area (Å²) in [4.78, 5) is 0. The average Bonchev–Trinajstić information content (AvgIpc) is 2.80. The van der Waals surface area contributed by atoms with Crippen molar-refractivity contribution in [3.63, 3.8) is 0 Å². The zero-order valence-electron chi connectivity index (χ0n) is 17.5. The first kappa shape index (κ1) is 21.6. The van der Waals surface area contributed by atoms with Gasteiger partial charge in [-0.25, -0.2) is 17.6 Å². The van der Waals surface area contributed by atoms with Gasteiger partial charge in [0, 0.05) is 22.1 Å². The van der Waals surface area contributed by atoms with Gasteiger partial charge in [0.15, 0.2) is 17.5 Å². The van der Waals surface area contributed by atoms with Crippen LogP contribution in [-0.4, -0.2) is 0 Å². The Bertz CT molecular complexity index is 1320. The second-order valence-electron chi connectivity index (χ2n) is 7.67. The van der Waals surface area contributed by atoms with Gasteiger partial charge in [0.1, 0.15) is 5.82 Å². The van der Waals surface area contributed by atoms with Crippen molar-refractivity contribution in [2.45, 2.75) is 26.2 Å². The summed E-state index contributed by atoms with van der Waals surface area (Å²) in [6.45, 7) is 2.17. The number of aryl methyl sites for hydroxylation is 1. The van der Waals surface area contributed by atoms with Gasteiger partial charge >= 0.3 is 0 Å². The van der Waals surface area contributed by atoms with Gasteiger partial charge in [-0.05, 0) is 65.8 Å². The van der Waals surface area contributed by atoms with Crippen LogP contribution in [0.5, 0.6) is 0 Å². The highest BCUT2D eigenvalue weighted by Crippen LogP contribution is 2.31. The number of unbranched alkanes of at least 4 members (excludes halogenated alkanes) is 1. The summed E-state index contributed by atoms with van der Waals surface area (Å²) in [5, 5.41) is 0.898. The third-order valence-electron chi connectivity index (χ3n) is 5.37. The van der Waals surface area contributed by atoms with Crippen LogP contribution in [-0.2, 0) is 6.42 Å². The molecule has 0 heterocycles. The fourth-order valence-corrected chi connectivity index (χ4v) is 3.58. The van der Waals surface area contributed by atoms with Crippen LogP contribution in [0, 0.1) is 35.1 Å². The predicted octanol–water partition coefficient (Wildman–Crippen LogP) is 7.81. The van der Waals surface area contributed by atoms with E-state index in [-0.39, 0.29) is 11.1 Å². The molecule has 0 bridgehead atoms. The lowest BCUT2D eigenvalue weighted by Crippen LogP contribution is -1.94. The fourth-order valence-electron chi connectivity index (χ4n) is 3.58. The van der Waals surface area contributed by atoms with Crippen LogP contribution in [0.3, 0.4) is 0 Å². The molecule has 0 fully saturated rings. The average molecular weight is 432 g/mol. The van der Waals surface area contributed by atoms with E-state index < -0.39 is 23.3 Å². The summed E-state index contributed by atoms with van der Waals surface area (Å²) in [6.07, 6.45) is 3.37. The molecule has 0 aromatic heterocycles. The second kappa shape index (κ2) is 9.28. The molecule has 0 aliphatic heterocycles. The molecule has 0 saturated heterocycles. The van der Waals surface area contributed by atoms with Crippen molar-refractivity contribution in [1.29, 1.82) is 0 Å². The fraction of sp³-hybridized carbons (Fsp3) is 0.143. The SMILES string of the molecule is CCCCc1ccc(C#Cc2ccc3c(F)c(-c4cc(F)c(F)c(F)c4)ccc3c2)cc1. The number of hydrogen-bond acceptors (Lipinski definition) is 0. The molecule has 160 valence electrons. The monoisotopic (exact) mass is 432 g/mol. The molecule has 4 rings (SSSR count). The normalized spacial score (nSPS) is 10.8. The van der Waals surface area contributed by atoms with Crippen LogP contribution in [0.4, 0.5) is 17.6 Å². The standard InChI is InChI=1S/C28H20F4/c1-2-3-4-18-5-7-19(8-6-18)9-10-20-11-13-23-21(15-20)12-14-24(27(23)31)22-16-25(29)28(32)26(30)17-22/h5-8,11-17H,2-4H2,1H3. The van der Waals surface area contributed by atoms with Gasteiger partial charge in [-0.2, -0.15) is 0 Å².